The van der Waals surface area contributed by atoms with Gasteiger partial charge in [0.05, 0.1) is 6.20 Å². The van der Waals surface area contributed by atoms with Crippen LogP contribution in [0.2, 0.25) is 0 Å². The molecule has 2 unspecified atom stereocenters. The van der Waals surface area contributed by atoms with Crippen LogP contribution in [0.4, 0.5) is 4.39 Å². The van der Waals surface area contributed by atoms with Crippen LogP contribution in [-0.4, -0.2) is 43.5 Å². The summed E-state index contributed by atoms with van der Waals surface area (Å²) in [4.78, 5) is 8.46. The average Bonchev–Trinajstić information content (AvgIpc) is 2.76. The molecule has 5 rings (SSSR count). The fraction of sp³-hybridized carbons (Fsp3) is 0.364. The van der Waals surface area contributed by atoms with Crippen molar-refractivity contribution in [3.8, 4) is 17.0 Å². The Morgan fingerprint density at radius 1 is 1.17 bits per heavy atom. The molecule has 7 heteroatoms. The zero-order chi connectivity index (χ0) is 20.0. The van der Waals surface area contributed by atoms with Gasteiger partial charge in [-0.25, -0.2) is 9.37 Å². The third kappa shape index (κ3) is 3.25. The van der Waals surface area contributed by atoms with Crippen molar-refractivity contribution in [2.45, 2.75) is 43.9 Å². The molecule has 2 aliphatic rings. The van der Waals surface area contributed by atoms with E-state index in [1.807, 2.05) is 12.1 Å². The molecule has 0 spiro atoms. The first-order valence-electron chi connectivity index (χ1n) is 9.96. The van der Waals surface area contributed by atoms with Gasteiger partial charge < -0.3 is 10.4 Å². The molecule has 2 bridgehead atoms. The molecule has 2 saturated heterocycles. The van der Waals surface area contributed by atoms with E-state index < -0.39 is 6.17 Å². The Morgan fingerprint density at radius 2 is 2.07 bits per heavy atom. The number of nitrogens with zero attached hydrogens (tertiary/aromatic N) is 4. The number of nitrogens with one attached hydrogen (secondary N) is 1. The van der Waals surface area contributed by atoms with Crippen molar-refractivity contribution < 1.29 is 9.50 Å². The van der Waals surface area contributed by atoms with Gasteiger partial charge in [0.25, 0.3) is 0 Å². The Kier molecular flexibility index (Phi) is 4.47. The Labute approximate surface area is 167 Å². The van der Waals surface area contributed by atoms with Crippen LogP contribution in [0.25, 0.3) is 27.6 Å². The van der Waals surface area contributed by atoms with Crippen LogP contribution in [0.1, 0.15) is 31.5 Å². The zero-order valence-electron chi connectivity index (χ0n) is 15.9. The van der Waals surface area contributed by atoms with Gasteiger partial charge in [0, 0.05) is 41.3 Å². The Balaban J connectivity index is 1.42. The Bertz CT molecular complexity index is 1070. The molecule has 0 radical (unpaired) electrons. The van der Waals surface area contributed by atoms with Gasteiger partial charge in [0.1, 0.15) is 17.6 Å². The van der Waals surface area contributed by atoms with Gasteiger partial charge in [-0.3, -0.25) is 4.98 Å². The van der Waals surface area contributed by atoms with Gasteiger partial charge in [-0.1, -0.05) is 13.0 Å². The highest BCUT2D eigenvalue weighted by Crippen LogP contribution is 2.38. The van der Waals surface area contributed by atoms with Crippen LogP contribution < -0.4 is 5.32 Å². The second-order valence-electron chi connectivity index (χ2n) is 7.97. The standard InChI is InChI=1S/C22H22FN5O/c1-12(16-9-15-3-2-4-18(26-15)21(16)23)22-25-11-19(27-28-22)17-7-13-5-6-24-10-14(13)8-20(17)29/h5-8,10-11,15-16,18,21,26,29H,1-4,9H2/t15?,16-,18?,21-/m0/s1. The monoisotopic (exact) mass is 391 g/mol. The van der Waals surface area contributed by atoms with E-state index in [2.05, 4.69) is 32.1 Å². The van der Waals surface area contributed by atoms with Crippen molar-refractivity contribution in [2.24, 2.45) is 5.92 Å². The maximum Gasteiger partial charge on any atom is 0.177 e. The fourth-order valence-corrected chi connectivity index (χ4v) is 4.58. The third-order valence-electron chi connectivity index (χ3n) is 6.15. The second kappa shape index (κ2) is 7.15. The van der Waals surface area contributed by atoms with Crippen LogP contribution in [0.5, 0.6) is 5.75 Å². The number of hydrogen-bond donors (Lipinski definition) is 2. The molecule has 4 heterocycles. The molecule has 2 aromatic heterocycles. The second-order valence-corrected chi connectivity index (χ2v) is 7.97. The minimum absolute atomic E-state index is 0.0863. The summed E-state index contributed by atoms with van der Waals surface area (Å²) in [6.07, 6.45) is 7.67. The van der Waals surface area contributed by atoms with Gasteiger partial charge in [0.15, 0.2) is 5.82 Å². The first kappa shape index (κ1) is 18.1. The van der Waals surface area contributed by atoms with Crippen molar-refractivity contribution in [3.05, 3.63) is 49.2 Å². The highest BCUT2D eigenvalue weighted by Gasteiger charge is 2.41. The summed E-state index contributed by atoms with van der Waals surface area (Å²) in [6, 6.07) is 5.57. The molecule has 0 aliphatic carbocycles. The summed E-state index contributed by atoms with van der Waals surface area (Å²) < 4.78 is 15.0. The maximum atomic E-state index is 15.0. The molecule has 0 saturated carbocycles. The lowest BCUT2D eigenvalue weighted by molar-refractivity contribution is 0.0980. The number of halogens is 1. The number of aromatic hydroxyl groups is 1. The summed E-state index contributed by atoms with van der Waals surface area (Å²) in [5.41, 5.74) is 1.60. The summed E-state index contributed by atoms with van der Waals surface area (Å²) in [7, 11) is 0. The topological polar surface area (TPSA) is 83.8 Å². The van der Waals surface area contributed by atoms with E-state index in [0.29, 0.717) is 35.1 Å². The fourth-order valence-electron chi connectivity index (χ4n) is 4.58. The van der Waals surface area contributed by atoms with Crippen LogP contribution in [0.15, 0.2) is 43.4 Å². The number of allylic oxidation sites excluding steroid dienone is 1. The number of aromatic nitrogens is 4. The average molecular weight is 391 g/mol. The molecule has 148 valence electrons. The normalized spacial score (nSPS) is 26.4. The SMILES string of the molecule is C=C(c1ncc(-c2cc3ccncc3cc2O)nn1)[C@@H]1CC2CCCC(N2)[C@H]1F. The van der Waals surface area contributed by atoms with Crippen molar-refractivity contribution in [3.63, 3.8) is 0 Å². The van der Waals surface area contributed by atoms with Crippen LogP contribution >= 0.6 is 0 Å². The summed E-state index contributed by atoms with van der Waals surface area (Å²) in [6.45, 7) is 4.10. The minimum atomic E-state index is -0.986. The number of benzene rings is 1. The Hall–Kier alpha value is -2.93. The Morgan fingerprint density at radius 3 is 2.90 bits per heavy atom. The number of pyridine rings is 1. The van der Waals surface area contributed by atoms with E-state index in [0.717, 1.165) is 30.0 Å². The number of rotatable bonds is 3. The molecule has 2 aliphatic heterocycles. The van der Waals surface area contributed by atoms with E-state index >= 15 is 0 Å². The number of hydrogen-bond acceptors (Lipinski definition) is 6. The molecule has 3 aromatic rings. The lowest BCUT2D eigenvalue weighted by Crippen LogP contribution is -2.55. The van der Waals surface area contributed by atoms with E-state index in [1.165, 1.54) is 0 Å². The molecule has 0 amide bonds. The first-order chi connectivity index (χ1) is 14.1. The minimum Gasteiger partial charge on any atom is -0.507 e. The largest absolute Gasteiger partial charge is 0.507 e. The lowest BCUT2D eigenvalue weighted by atomic mass is 9.76. The number of alkyl halides is 1. The number of piperidine rings is 2. The van der Waals surface area contributed by atoms with Gasteiger partial charge in [-0.15, -0.1) is 10.2 Å². The molecule has 4 atom stereocenters. The third-order valence-corrected chi connectivity index (χ3v) is 6.15. The van der Waals surface area contributed by atoms with Crippen LogP contribution in [-0.2, 0) is 0 Å². The van der Waals surface area contributed by atoms with E-state index in [-0.39, 0.29) is 17.7 Å². The molecule has 2 N–H and O–H groups in total. The van der Waals surface area contributed by atoms with Gasteiger partial charge in [-0.05, 0) is 48.4 Å². The highest BCUT2D eigenvalue weighted by molar-refractivity contribution is 5.89. The first-order valence-corrected chi connectivity index (χ1v) is 9.96. The van der Waals surface area contributed by atoms with E-state index in [4.69, 9.17) is 0 Å². The predicted molar refractivity (Wildman–Crippen MR) is 109 cm³/mol. The number of fused-ring (bicyclic) bond motifs is 3. The highest BCUT2D eigenvalue weighted by atomic mass is 19.1. The quantitative estimate of drug-likeness (QED) is 0.709. The lowest BCUT2D eigenvalue weighted by Gasteiger charge is -2.43. The van der Waals surface area contributed by atoms with Crippen molar-refractivity contribution in [1.29, 1.82) is 0 Å². The summed E-state index contributed by atoms with van der Waals surface area (Å²) in [5, 5.41) is 24.0. The summed E-state index contributed by atoms with van der Waals surface area (Å²) in [5.74, 6) is 0.162. The summed E-state index contributed by atoms with van der Waals surface area (Å²) >= 11 is 0. The molecule has 2 fully saturated rings. The van der Waals surface area contributed by atoms with Gasteiger partial charge >= 0.3 is 0 Å². The predicted octanol–water partition coefficient (Wildman–Crippen LogP) is 3.67. The van der Waals surface area contributed by atoms with Crippen LogP contribution in [0, 0.1) is 5.92 Å². The van der Waals surface area contributed by atoms with E-state index in [9.17, 15) is 9.50 Å². The van der Waals surface area contributed by atoms with Gasteiger partial charge in [0.2, 0.25) is 0 Å². The molecule has 1 aromatic carbocycles. The van der Waals surface area contributed by atoms with Gasteiger partial charge in [-0.2, -0.15) is 0 Å². The van der Waals surface area contributed by atoms with Crippen LogP contribution in [0.3, 0.4) is 0 Å². The van der Waals surface area contributed by atoms with Crippen molar-refractivity contribution in [2.75, 3.05) is 0 Å². The van der Waals surface area contributed by atoms with Crippen molar-refractivity contribution >= 4 is 16.3 Å². The molecule has 29 heavy (non-hydrogen) atoms. The number of phenols is 1. The molecular weight excluding hydrogens is 369 g/mol. The zero-order valence-corrected chi connectivity index (χ0v) is 15.9. The molecular formula is C22H22FN5O. The smallest absolute Gasteiger partial charge is 0.177 e. The number of phenolic OH excluding ortho intramolecular Hbond substituents is 1. The van der Waals surface area contributed by atoms with E-state index in [1.54, 1.807) is 24.7 Å². The molecule has 6 nitrogen and oxygen atoms in total. The van der Waals surface area contributed by atoms with Crippen molar-refractivity contribution in [1.82, 2.24) is 25.5 Å². The maximum absolute atomic E-state index is 15.0.